The molecule has 2 N–H and O–H groups in total. The molecule has 0 saturated carbocycles. The molecule has 1 aromatic carbocycles. The third-order valence-corrected chi connectivity index (χ3v) is 1.94. The van der Waals surface area contributed by atoms with Crippen LogP contribution < -0.4 is 5.73 Å². The number of para-hydroxylation sites is 1. The van der Waals surface area contributed by atoms with Crippen molar-refractivity contribution >= 4 is 11.0 Å². The van der Waals surface area contributed by atoms with Crippen molar-refractivity contribution in [2.45, 2.75) is 19.4 Å². The molecule has 4 heteroatoms. The first-order valence-electron chi connectivity index (χ1n) is 4.46. The van der Waals surface area contributed by atoms with Crippen LogP contribution in [-0.4, -0.2) is 15.2 Å². The molecule has 0 aliphatic carbocycles. The third-order valence-electron chi connectivity index (χ3n) is 1.94. The Balaban J connectivity index is 2.63. The Bertz CT molecular complexity index is 459. The Morgan fingerprint density at radius 1 is 1.07 bits per heavy atom. The van der Waals surface area contributed by atoms with Crippen molar-refractivity contribution in [2.24, 2.45) is 5.73 Å². The van der Waals surface area contributed by atoms with Gasteiger partial charge in [-0.1, -0.05) is 12.1 Å². The van der Waals surface area contributed by atoms with Crippen molar-refractivity contribution in [1.29, 1.82) is 0 Å². The van der Waals surface area contributed by atoms with E-state index < -0.39 is 5.54 Å². The zero-order valence-corrected chi connectivity index (χ0v) is 8.23. The molecule has 0 aliphatic rings. The Hall–Kier alpha value is -1.55. The first-order valence-corrected chi connectivity index (χ1v) is 4.46. The number of hydrogen-bond acceptors (Lipinski definition) is 4. The quantitative estimate of drug-likeness (QED) is 0.730. The van der Waals surface area contributed by atoms with E-state index in [1.165, 1.54) is 0 Å². The second-order valence-electron chi connectivity index (χ2n) is 3.85. The average molecular weight is 188 g/mol. The second kappa shape index (κ2) is 2.99. The Kier molecular flexibility index (Phi) is 1.93. The summed E-state index contributed by atoms with van der Waals surface area (Å²) < 4.78 is 0. The van der Waals surface area contributed by atoms with Gasteiger partial charge in [-0.25, -0.2) is 4.98 Å². The van der Waals surface area contributed by atoms with Gasteiger partial charge in [0, 0.05) is 0 Å². The van der Waals surface area contributed by atoms with Crippen LogP contribution in [0.4, 0.5) is 0 Å². The van der Waals surface area contributed by atoms with Crippen molar-refractivity contribution < 1.29 is 0 Å². The molecule has 0 aliphatic heterocycles. The van der Waals surface area contributed by atoms with Gasteiger partial charge in [0.05, 0.1) is 11.1 Å². The largest absolute Gasteiger partial charge is 0.319 e. The van der Waals surface area contributed by atoms with Crippen LogP contribution in [-0.2, 0) is 5.54 Å². The molecule has 0 saturated heterocycles. The molecule has 0 bridgehead atoms. The summed E-state index contributed by atoms with van der Waals surface area (Å²) in [4.78, 5) is 4.35. The first-order chi connectivity index (χ1) is 6.57. The maximum atomic E-state index is 5.88. The summed E-state index contributed by atoms with van der Waals surface area (Å²) in [7, 11) is 0. The predicted octanol–water partition coefficient (Wildman–Crippen LogP) is 1.22. The predicted molar refractivity (Wildman–Crippen MR) is 54.5 cm³/mol. The SMILES string of the molecule is CC(C)(N)c1nnc2ccccc2n1. The molecule has 0 amide bonds. The van der Waals surface area contributed by atoms with Gasteiger partial charge in [-0.15, -0.1) is 10.2 Å². The van der Waals surface area contributed by atoms with E-state index in [4.69, 9.17) is 5.73 Å². The van der Waals surface area contributed by atoms with E-state index in [9.17, 15) is 0 Å². The van der Waals surface area contributed by atoms with Crippen LogP contribution in [0.3, 0.4) is 0 Å². The van der Waals surface area contributed by atoms with Gasteiger partial charge < -0.3 is 5.73 Å². The van der Waals surface area contributed by atoms with Gasteiger partial charge in [0.1, 0.15) is 5.52 Å². The van der Waals surface area contributed by atoms with Crippen molar-refractivity contribution in [2.75, 3.05) is 0 Å². The molecule has 1 aromatic heterocycles. The highest BCUT2D eigenvalue weighted by molar-refractivity contribution is 5.72. The lowest BCUT2D eigenvalue weighted by Crippen LogP contribution is -2.31. The molecule has 0 spiro atoms. The Morgan fingerprint density at radius 2 is 1.71 bits per heavy atom. The second-order valence-corrected chi connectivity index (χ2v) is 3.85. The summed E-state index contributed by atoms with van der Waals surface area (Å²) in [6, 6.07) is 7.61. The minimum Gasteiger partial charge on any atom is -0.319 e. The fourth-order valence-corrected chi connectivity index (χ4v) is 1.15. The summed E-state index contributed by atoms with van der Waals surface area (Å²) in [5.41, 5.74) is 6.96. The van der Waals surface area contributed by atoms with Gasteiger partial charge in [0.25, 0.3) is 0 Å². The number of fused-ring (bicyclic) bond motifs is 1. The maximum absolute atomic E-state index is 5.88. The normalized spacial score (nSPS) is 11.9. The third kappa shape index (κ3) is 1.56. The van der Waals surface area contributed by atoms with E-state index in [2.05, 4.69) is 15.2 Å². The van der Waals surface area contributed by atoms with E-state index >= 15 is 0 Å². The molecule has 0 fully saturated rings. The van der Waals surface area contributed by atoms with Crippen LogP contribution in [0.25, 0.3) is 11.0 Å². The first kappa shape index (κ1) is 9.02. The van der Waals surface area contributed by atoms with Crippen molar-refractivity contribution in [3.05, 3.63) is 30.1 Å². The van der Waals surface area contributed by atoms with E-state index in [-0.39, 0.29) is 0 Å². The molecular weight excluding hydrogens is 176 g/mol. The monoisotopic (exact) mass is 188 g/mol. The average Bonchev–Trinajstić information content (AvgIpc) is 2.16. The highest BCUT2D eigenvalue weighted by atomic mass is 15.2. The van der Waals surface area contributed by atoms with E-state index in [1.54, 1.807) is 0 Å². The lowest BCUT2D eigenvalue weighted by atomic mass is 10.1. The molecular formula is C10H12N4. The maximum Gasteiger partial charge on any atom is 0.170 e. The van der Waals surface area contributed by atoms with Gasteiger partial charge >= 0.3 is 0 Å². The molecule has 0 atom stereocenters. The summed E-state index contributed by atoms with van der Waals surface area (Å²) in [5.74, 6) is 0.566. The van der Waals surface area contributed by atoms with Gasteiger partial charge in [0.2, 0.25) is 0 Å². The molecule has 0 radical (unpaired) electrons. The summed E-state index contributed by atoms with van der Waals surface area (Å²) in [6.45, 7) is 3.72. The zero-order chi connectivity index (χ0) is 10.2. The van der Waals surface area contributed by atoms with Crippen LogP contribution in [0.2, 0.25) is 0 Å². The summed E-state index contributed by atoms with van der Waals surface area (Å²) >= 11 is 0. The number of benzene rings is 1. The minimum absolute atomic E-state index is 0.545. The van der Waals surface area contributed by atoms with Crippen LogP contribution in [0.15, 0.2) is 24.3 Å². The zero-order valence-electron chi connectivity index (χ0n) is 8.23. The summed E-state index contributed by atoms with van der Waals surface area (Å²) in [6.07, 6.45) is 0. The number of nitrogens with zero attached hydrogens (tertiary/aromatic N) is 3. The highest BCUT2D eigenvalue weighted by Gasteiger charge is 2.18. The fraction of sp³-hybridized carbons (Fsp3) is 0.300. The Labute approximate surface area is 82.2 Å². The van der Waals surface area contributed by atoms with Crippen LogP contribution in [0.5, 0.6) is 0 Å². The van der Waals surface area contributed by atoms with E-state index in [0.29, 0.717) is 5.82 Å². The van der Waals surface area contributed by atoms with Crippen molar-refractivity contribution in [3.63, 3.8) is 0 Å². The molecule has 4 nitrogen and oxygen atoms in total. The lowest BCUT2D eigenvalue weighted by molar-refractivity contribution is 0.508. The van der Waals surface area contributed by atoms with E-state index in [0.717, 1.165) is 11.0 Å². The Morgan fingerprint density at radius 3 is 2.36 bits per heavy atom. The summed E-state index contributed by atoms with van der Waals surface area (Å²) in [5, 5.41) is 8.05. The van der Waals surface area contributed by atoms with Crippen LogP contribution >= 0.6 is 0 Å². The highest BCUT2D eigenvalue weighted by Crippen LogP contribution is 2.13. The molecule has 2 aromatic rings. The minimum atomic E-state index is -0.545. The fourth-order valence-electron chi connectivity index (χ4n) is 1.15. The molecule has 0 unspecified atom stereocenters. The van der Waals surface area contributed by atoms with Crippen LogP contribution in [0.1, 0.15) is 19.7 Å². The topological polar surface area (TPSA) is 64.7 Å². The van der Waals surface area contributed by atoms with Crippen molar-refractivity contribution in [3.8, 4) is 0 Å². The smallest absolute Gasteiger partial charge is 0.170 e. The standard InChI is InChI=1S/C10H12N4/c1-10(2,11)9-12-7-5-3-4-6-8(7)13-14-9/h3-6H,11H2,1-2H3. The molecule has 14 heavy (non-hydrogen) atoms. The number of aromatic nitrogens is 3. The van der Waals surface area contributed by atoms with Crippen LogP contribution in [0, 0.1) is 0 Å². The number of hydrogen-bond donors (Lipinski definition) is 1. The molecule has 1 heterocycles. The molecule has 2 rings (SSSR count). The van der Waals surface area contributed by atoms with Gasteiger partial charge in [-0.3, -0.25) is 0 Å². The van der Waals surface area contributed by atoms with Gasteiger partial charge in [0.15, 0.2) is 5.82 Å². The van der Waals surface area contributed by atoms with Gasteiger partial charge in [-0.2, -0.15) is 0 Å². The number of nitrogens with two attached hydrogens (primary N) is 1. The van der Waals surface area contributed by atoms with Crippen molar-refractivity contribution in [1.82, 2.24) is 15.2 Å². The number of rotatable bonds is 1. The molecule has 72 valence electrons. The van der Waals surface area contributed by atoms with Gasteiger partial charge in [-0.05, 0) is 26.0 Å². The lowest BCUT2D eigenvalue weighted by Gasteiger charge is -2.15. The van der Waals surface area contributed by atoms with E-state index in [1.807, 2.05) is 38.1 Å².